The van der Waals surface area contributed by atoms with Crippen LogP contribution >= 0.6 is 0 Å². The van der Waals surface area contributed by atoms with E-state index in [1.54, 1.807) is 4.57 Å². The second kappa shape index (κ2) is 6.45. The monoisotopic (exact) mass is 368 g/mol. The Hall–Kier alpha value is -2.88. The molecule has 1 aromatic heterocycles. The molecule has 3 rings (SSSR count). The first-order valence-corrected chi connectivity index (χ1v) is 7.66. The maximum absolute atomic E-state index is 12.6. The number of fused-ring (bicyclic) bond motifs is 1. The number of rotatable bonds is 3. The minimum atomic E-state index is -4.49. The number of primary amides is 1. The minimum Gasteiger partial charge on any atom is -0.378 e. The summed E-state index contributed by atoms with van der Waals surface area (Å²) >= 11 is 0. The summed E-state index contributed by atoms with van der Waals surface area (Å²) in [5, 5.41) is 10.2. The first-order valence-electron chi connectivity index (χ1n) is 7.66. The van der Waals surface area contributed by atoms with Crippen LogP contribution in [0.15, 0.2) is 30.5 Å². The molecule has 0 aliphatic carbocycles. The van der Waals surface area contributed by atoms with Gasteiger partial charge in [-0.2, -0.15) is 13.2 Å². The van der Waals surface area contributed by atoms with E-state index in [9.17, 15) is 27.9 Å². The zero-order chi connectivity index (χ0) is 19.1. The van der Waals surface area contributed by atoms with Gasteiger partial charge in [0.2, 0.25) is 0 Å². The van der Waals surface area contributed by atoms with Gasteiger partial charge in [0.25, 0.3) is 11.8 Å². The van der Waals surface area contributed by atoms with E-state index in [-0.39, 0.29) is 30.9 Å². The van der Waals surface area contributed by atoms with Crippen LogP contribution in [0, 0.1) is 0 Å². The molecule has 0 spiro atoms. The molecule has 7 nitrogen and oxygen atoms in total. The quantitative estimate of drug-likeness (QED) is 0.846. The fraction of sp³-hybridized carbons (Fsp3) is 0.312. The summed E-state index contributed by atoms with van der Waals surface area (Å²) in [5.41, 5.74) is 4.68. The predicted octanol–water partition coefficient (Wildman–Crippen LogP) is 1.08. The van der Waals surface area contributed by atoms with Crippen molar-refractivity contribution in [2.45, 2.75) is 25.4 Å². The average Bonchev–Trinajstić information content (AvgIpc) is 3.03. The van der Waals surface area contributed by atoms with Crippen molar-refractivity contribution in [1.82, 2.24) is 14.5 Å². The number of aliphatic hydroxyl groups excluding tert-OH is 1. The number of hydrogen-bond donors (Lipinski definition) is 2. The van der Waals surface area contributed by atoms with Crippen molar-refractivity contribution in [3.05, 3.63) is 53.1 Å². The summed E-state index contributed by atoms with van der Waals surface area (Å²) in [6.07, 6.45) is -4.76. The molecule has 138 valence electrons. The van der Waals surface area contributed by atoms with Gasteiger partial charge < -0.3 is 20.3 Å². The van der Waals surface area contributed by atoms with Gasteiger partial charge in [-0.3, -0.25) is 9.59 Å². The lowest BCUT2D eigenvalue weighted by Crippen LogP contribution is -2.41. The Morgan fingerprint density at radius 1 is 1.19 bits per heavy atom. The van der Waals surface area contributed by atoms with Crippen LogP contribution in [0.1, 0.15) is 33.5 Å². The molecule has 0 bridgehead atoms. The summed E-state index contributed by atoms with van der Waals surface area (Å²) in [5.74, 6) is -0.842. The van der Waals surface area contributed by atoms with Crippen molar-refractivity contribution in [1.29, 1.82) is 0 Å². The van der Waals surface area contributed by atoms with E-state index in [1.807, 2.05) is 0 Å². The molecule has 2 aromatic rings. The highest BCUT2D eigenvalue weighted by Gasteiger charge is 2.32. The Morgan fingerprint density at radius 2 is 1.85 bits per heavy atom. The van der Waals surface area contributed by atoms with Crippen LogP contribution in [-0.2, 0) is 24.1 Å². The Balaban J connectivity index is 1.74. The topological polar surface area (TPSA) is 101 Å². The van der Waals surface area contributed by atoms with Gasteiger partial charge in [-0.25, -0.2) is 4.98 Å². The summed E-state index contributed by atoms with van der Waals surface area (Å²) in [6, 6.07) is 3.77. The summed E-state index contributed by atoms with van der Waals surface area (Å²) < 4.78 is 39.4. The van der Waals surface area contributed by atoms with Crippen molar-refractivity contribution >= 4 is 11.8 Å². The third kappa shape index (κ3) is 3.27. The van der Waals surface area contributed by atoms with Crippen molar-refractivity contribution in [3.8, 4) is 0 Å². The number of benzene rings is 1. The molecule has 1 aliphatic heterocycles. The van der Waals surface area contributed by atoms with Crippen LogP contribution in [0.5, 0.6) is 0 Å². The van der Waals surface area contributed by atoms with Crippen molar-refractivity contribution in [2.75, 3.05) is 6.54 Å². The van der Waals surface area contributed by atoms with E-state index in [0.29, 0.717) is 5.82 Å². The molecule has 1 atom stereocenters. The number of nitrogens with two attached hydrogens (primary N) is 1. The Bertz CT molecular complexity index is 845. The van der Waals surface area contributed by atoms with E-state index >= 15 is 0 Å². The molecule has 2 heterocycles. The number of amides is 2. The fourth-order valence-electron chi connectivity index (χ4n) is 2.81. The number of alkyl halides is 3. The number of carbonyl (C=O) groups is 2. The van der Waals surface area contributed by atoms with Gasteiger partial charge in [0.05, 0.1) is 18.3 Å². The maximum Gasteiger partial charge on any atom is 0.416 e. The number of carbonyl (C=O) groups excluding carboxylic acids is 2. The Kier molecular flexibility index (Phi) is 4.45. The molecular formula is C16H15F3N4O3. The van der Waals surface area contributed by atoms with Crippen molar-refractivity contribution in [2.24, 2.45) is 5.73 Å². The average molecular weight is 368 g/mol. The van der Waals surface area contributed by atoms with E-state index in [0.717, 1.165) is 24.3 Å². The van der Waals surface area contributed by atoms with Gasteiger partial charge in [0, 0.05) is 13.1 Å². The molecule has 1 aliphatic rings. The largest absolute Gasteiger partial charge is 0.416 e. The van der Waals surface area contributed by atoms with Crippen LogP contribution in [0.2, 0.25) is 0 Å². The zero-order valence-corrected chi connectivity index (χ0v) is 13.4. The number of hydrogen-bond acceptors (Lipinski definition) is 4. The first kappa shape index (κ1) is 17.9. The highest BCUT2D eigenvalue weighted by molar-refractivity contribution is 5.91. The van der Waals surface area contributed by atoms with Gasteiger partial charge in [0.15, 0.2) is 6.10 Å². The summed E-state index contributed by atoms with van der Waals surface area (Å²) in [4.78, 5) is 29.1. The van der Waals surface area contributed by atoms with E-state index in [2.05, 4.69) is 4.98 Å². The predicted molar refractivity (Wildman–Crippen MR) is 82.6 cm³/mol. The maximum atomic E-state index is 12.6. The lowest BCUT2D eigenvalue weighted by molar-refractivity contribution is -0.142. The molecule has 0 radical (unpaired) electrons. The fourth-order valence-corrected chi connectivity index (χ4v) is 2.81. The molecule has 0 saturated heterocycles. The second-order valence-electron chi connectivity index (χ2n) is 5.86. The van der Waals surface area contributed by atoms with Crippen LogP contribution in [0.3, 0.4) is 0 Å². The van der Waals surface area contributed by atoms with Gasteiger partial charge in [-0.05, 0) is 17.7 Å². The minimum absolute atomic E-state index is 0.0593. The number of aromatic nitrogens is 2. The molecule has 10 heteroatoms. The van der Waals surface area contributed by atoms with Gasteiger partial charge in [0.1, 0.15) is 11.5 Å². The molecule has 26 heavy (non-hydrogen) atoms. The molecule has 1 aromatic carbocycles. The number of imidazole rings is 1. The van der Waals surface area contributed by atoms with Gasteiger partial charge in [-0.15, -0.1) is 0 Å². The van der Waals surface area contributed by atoms with Crippen LogP contribution in [-0.4, -0.2) is 37.9 Å². The highest BCUT2D eigenvalue weighted by atomic mass is 19.4. The molecule has 0 unspecified atom stereocenters. The van der Waals surface area contributed by atoms with E-state index in [4.69, 9.17) is 5.73 Å². The first-order chi connectivity index (χ1) is 12.2. The lowest BCUT2D eigenvalue weighted by atomic mass is 10.1. The van der Waals surface area contributed by atoms with E-state index in [1.165, 1.54) is 11.1 Å². The zero-order valence-electron chi connectivity index (χ0n) is 13.4. The Labute approximate surface area is 145 Å². The molecule has 0 fully saturated rings. The van der Waals surface area contributed by atoms with Gasteiger partial charge >= 0.3 is 6.18 Å². The lowest BCUT2D eigenvalue weighted by Gasteiger charge is -2.30. The highest BCUT2D eigenvalue weighted by Crippen LogP contribution is 2.30. The van der Waals surface area contributed by atoms with Crippen LogP contribution in [0.25, 0.3) is 0 Å². The SMILES string of the molecule is NC(=O)c1cnc2n1CCN(C(=O)[C@H](O)c1ccc(C(F)(F)F)cc1)C2. The van der Waals surface area contributed by atoms with Gasteiger partial charge in [-0.1, -0.05) is 12.1 Å². The summed E-state index contributed by atoms with van der Waals surface area (Å²) in [7, 11) is 0. The van der Waals surface area contributed by atoms with Crippen molar-refractivity contribution in [3.63, 3.8) is 0 Å². The number of nitrogens with zero attached hydrogens (tertiary/aromatic N) is 3. The third-order valence-corrected chi connectivity index (χ3v) is 4.22. The van der Waals surface area contributed by atoms with Crippen LogP contribution < -0.4 is 5.73 Å². The number of aliphatic hydroxyl groups is 1. The Morgan fingerprint density at radius 3 is 2.42 bits per heavy atom. The molecule has 2 amide bonds. The second-order valence-corrected chi connectivity index (χ2v) is 5.86. The van der Waals surface area contributed by atoms with E-state index < -0.39 is 29.7 Å². The number of halogens is 3. The standard InChI is InChI=1S/C16H15F3N4O3/c17-16(18,19)10-3-1-9(2-4-10)13(24)15(26)22-5-6-23-11(14(20)25)7-21-12(23)8-22/h1-4,7,13,24H,5-6,8H2,(H2,20,25)/t13-/m1/s1. The molecular weight excluding hydrogens is 353 g/mol. The summed E-state index contributed by atoms with van der Waals surface area (Å²) in [6.45, 7) is 0.545. The third-order valence-electron chi connectivity index (χ3n) is 4.22. The smallest absolute Gasteiger partial charge is 0.378 e. The molecule has 3 N–H and O–H groups in total. The molecule has 0 saturated carbocycles. The van der Waals surface area contributed by atoms with Crippen molar-refractivity contribution < 1.29 is 27.9 Å². The van der Waals surface area contributed by atoms with Crippen LogP contribution in [0.4, 0.5) is 13.2 Å². The normalized spacial score (nSPS) is 15.5.